The van der Waals surface area contributed by atoms with E-state index in [4.69, 9.17) is 23.8 Å². The molecule has 3 heterocycles. The van der Waals surface area contributed by atoms with Crippen molar-refractivity contribution in [2.45, 2.75) is 0 Å². The van der Waals surface area contributed by atoms with Crippen molar-refractivity contribution in [2.24, 2.45) is 0 Å². The number of furan rings is 2. The number of hydrogen-bond acceptors (Lipinski definition) is 5. The third-order valence-corrected chi connectivity index (χ3v) is 10.6. The summed E-state index contributed by atoms with van der Waals surface area (Å²) in [5.41, 5.74) is 12.7. The van der Waals surface area contributed by atoms with Gasteiger partial charge >= 0.3 is 0 Å². The van der Waals surface area contributed by atoms with Gasteiger partial charge in [-0.05, 0) is 64.2 Å². The van der Waals surface area contributed by atoms with Crippen LogP contribution in [0.25, 0.3) is 111 Å². The molecule has 0 fully saturated rings. The van der Waals surface area contributed by atoms with Gasteiger partial charge in [0.05, 0.1) is 0 Å². The van der Waals surface area contributed by atoms with Gasteiger partial charge in [0.2, 0.25) is 0 Å². The topological polar surface area (TPSA) is 65.0 Å². The molecule has 0 saturated heterocycles. The van der Waals surface area contributed by atoms with Gasteiger partial charge in [0.1, 0.15) is 22.3 Å². The lowest BCUT2D eigenvalue weighted by Crippen LogP contribution is -2.00. The maximum Gasteiger partial charge on any atom is 0.164 e. The van der Waals surface area contributed by atoms with Crippen molar-refractivity contribution in [1.82, 2.24) is 15.0 Å². The maximum absolute atomic E-state index is 6.68. The highest BCUT2D eigenvalue weighted by atomic mass is 16.3. The summed E-state index contributed by atoms with van der Waals surface area (Å²) >= 11 is 0. The van der Waals surface area contributed by atoms with Gasteiger partial charge in [-0.1, -0.05) is 152 Å². The van der Waals surface area contributed by atoms with Crippen LogP contribution in [-0.2, 0) is 0 Å². The van der Waals surface area contributed by atoms with Crippen LogP contribution >= 0.6 is 0 Å². The summed E-state index contributed by atoms with van der Waals surface area (Å²) in [7, 11) is 0. The third kappa shape index (κ3) is 5.45. The number of rotatable bonds is 6. The number of fused-ring (bicyclic) bond motifs is 6. The predicted molar refractivity (Wildman–Crippen MR) is 227 cm³/mol. The van der Waals surface area contributed by atoms with Gasteiger partial charge < -0.3 is 8.83 Å². The molecule has 262 valence electrons. The van der Waals surface area contributed by atoms with Crippen LogP contribution in [-0.4, -0.2) is 15.0 Å². The van der Waals surface area contributed by atoms with E-state index in [9.17, 15) is 0 Å². The van der Waals surface area contributed by atoms with Gasteiger partial charge in [0.15, 0.2) is 17.5 Å². The summed E-state index contributed by atoms with van der Waals surface area (Å²) < 4.78 is 12.8. The minimum atomic E-state index is 0.608. The maximum atomic E-state index is 6.68. The highest BCUT2D eigenvalue weighted by Gasteiger charge is 2.19. The number of benzene rings is 8. The summed E-state index contributed by atoms with van der Waals surface area (Å²) in [5, 5.41) is 4.37. The smallest absolute Gasteiger partial charge is 0.164 e. The van der Waals surface area contributed by atoms with Gasteiger partial charge in [-0.3, -0.25) is 0 Å². The molecule has 11 aromatic rings. The fraction of sp³-hybridized carbons (Fsp3) is 0. The molecular weight excluding hydrogens is 687 g/mol. The lowest BCUT2D eigenvalue weighted by atomic mass is 9.93. The minimum absolute atomic E-state index is 0.608. The van der Waals surface area contributed by atoms with Crippen LogP contribution in [0.4, 0.5) is 0 Å². The Labute approximate surface area is 322 Å². The van der Waals surface area contributed by atoms with Crippen molar-refractivity contribution < 1.29 is 8.83 Å². The first-order valence-corrected chi connectivity index (χ1v) is 18.7. The molecule has 0 aliphatic rings. The predicted octanol–water partition coefficient (Wildman–Crippen LogP) is 13.7. The summed E-state index contributed by atoms with van der Waals surface area (Å²) in [6, 6.07) is 64.5. The molecule has 0 amide bonds. The Kier molecular flexibility index (Phi) is 7.42. The van der Waals surface area contributed by atoms with Crippen molar-refractivity contribution >= 4 is 43.9 Å². The highest BCUT2D eigenvalue weighted by molar-refractivity contribution is 6.17. The fourth-order valence-electron chi connectivity index (χ4n) is 7.81. The molecule has 0 saturated carbocycles. The molecule has 0 radical (unpaired) electrons. The Morgan fingerprint density at radius 2 is 0.804 bits per heavy atom. The minimum Gasteiger partial charge on any atom is -0.456 e. The van der Waals surface area contributed by atoms with Crippen molar-refractivity contribution in [1.29, 1.82) is 0 Å². The van der Waals surface area contributed by atoms with E-state index in [1.165, 1.54) is 0 Å². The highest BCUT2D eigenvalue weighted by Crippen LogP contribution is 2.43. The quantitative estimate of drug-likeness (QED) is 0.171. The normalized spacial score (nSPS) is 11.6. The molecular formula is C51H31N3O2. The van der Waals surface area contributed by atoms with Gasteiger partial charge in [0, 0.05) is 43.8 Å². The zero-order valence-corrected chi connectivity index (χ0v) is 30.1. The molecule has 5 heteroatoms. The van der Waals surface area contributed by atoms with E-state index in [0.29, 0.717) is 17.5 Å². The number of hydrogen-bond donors (Lipinski definition) is 0. The fourth-order valence-corrected chi connectivity index (χ4v) is 7.81. The molecule has 3 aromatic heterocycles. The van der Waals surface area contributed by atoms with Gasteiger partial charge in [-0.25, -0.2) is 15.0 Å². The number of para-hydroxylation sites is 2. The van der Waals surface area contributed by atoms with E-state index in [1.807, 2.05) is 60.7 Å². The zero-order valence-electron chi connectivity index (χ0n) is 30.1. The van der Waals surface area contributed by atoms with E-state index in [1.54, 1.807) is 0 Å². The Bertz CT molecular complexity index is 3240. The molecule has 11 rings (SSSR count). The summed E-state index contributed by atoms with van der Waals surface area (Å²) in [6.07, 6.45) is 0. The van der Waals surface area contributed by atoms with E-state index in [2.05, 4.69) is 127 Å². The molecule has 0 atom stereocenters. The lowest BCUT2D eigenvalue weighted by molar-refractivity contribution is 0.669. The second kappa shape index (κ2) is 13.0. The molecule has 0 aliphatic carbocycles. The van der Waals surface area contributed by atoms with E-state index in [0.717, 1.165) is 93.9 Å². The standard InChI is InChI=1S/C51H31N3O2/c1-3-12-32(13-4-1)36-16-11-17-38(30-36)51-53-49(34-14-5-2-6-15-34)52-50(54-51)35-24-22-33(23-25-35)40-28-27-39(47-42-19-8-10-21-45(42)56-48(40)47)37-26-29-46-43(31-37)41-18-7-9-20-44(41)55-46/h1-31H. The lowest BCUT2D eigenvalue weighted by Gasteiger charge is -2.11. The zero-order chi connectivity index (χ0) is 37.0. The van der Waals surface area contributed by atoms with E-state index in [-0.39, 0.29) is 0 Å². The third-order valence-electron chi connectivity index (χ3n) is 10.6. The molecule has 8 aromatic carbocycles. The molecule has 0 bridgehead atoms. The molecule has 0 unspecified atom stereocenters. The van der Waals surface area contributed by atoms with Crippen LogP contribution in [0.1, 0.15) is 0 Å². The van der Waals surface area contributed by atoms with Gasteiger partial charge in [-0.15, -0.1) is 0 Å². The Morgan fingerprint density at radius 3 is 1.55 bits per heavy atom. The van der Waals surface area contributed by atoms with Crippen LogP contribution in [0.3, 0.4) is 0 Å². The number of nitrogens with zero attached hydrogens (tertiary/aromatic N) is 3. The largest absolute Gasteiger partial charge is 0.456 e. The van der Waals surface area contributed by atoms with Crippen molar-refractivity contribution in [3.63, 3.8) is 0 Å². The molecule has 56 heavy (non-hydrogen) atoms. The average Bonchev–Trinajstić information content (AvgIpc) is 3.85. The Hall–Kier alpha value is -7.63. The monoisotopic (exact) mass is 717 g/mol. The first-order valence-electron chi connectivity index (χ1n) is 18.7. The van der Waals surface area contributed by atoms with Crippen molar-refractivity contribution in [3.8, 4) is 67.5 Å². The first kappa shape index (κ1) is 31.9. The molecule has 0 N–H and O–H groups in total. The first-order chi connectivity index (χ1) is 27.7. The Morgan fingerprint density at radius 1 is 0.286 bits per heavy atom. The van der Waals surface area contributed by atoms with Crippen LogP contribution in [0, 0.1) is 0 Å². The van der Waals surface area contributed by atoms with E-state index < -0.39 is 0 Å². The van der Waals surface area contributed by atoms with Crippen LogP contribution in [0.2, 0.25) is 0 Å². The summed E-state index contributed by atoms with van der Waals surface area (Å²) in [6.45, 7) is 0. The van der Waals surface area contributed by atoms with Crippen LogP contribution < -0.4 is 0 Å². The van der Waals surface area contributed by atoms with Crippen LogP contribution in [0.5, 0.6) is 0 Å². The van der Waals surface area contributed by atoms with E-state index >= 15 is 0 Å². The second-order valence-corrected chi connectivity index (χ2v) is 14.0. The van der Waals surface area contributed by atoms with Crippen molar-refractivity contribution in [3.05, 3.63) is 188 Å². The Balaban J connectivity index is 1.02. The van der Waals surface area contributed by atoms with Gasteiger partial charge in [-0.2, -0.15) is 0 Å². The van der Waals surface area contributed by atoms with Crippen molar-refractivity contribution in [2.75, 3.05) is 0 Å². The SMILES string of the molecule is c1ccc(-c2cccc(-c3nc(-c4ccccc4)nc(-c4ccc(-c5ccc(-c6ccc7oc8ccccc8c7c6)c6c5oc5ccccc56)cc4)n3)c2)cc1. The van der Waals surface area contributed by atoms with Gasteiger partial charge in [0.25, 0.3) is 0 Å². The van der Waals surface area contributed by atoms with Crippen LogP contribution in [0.15, 0.2) is 197 Å². The average molecular weight is 718 g/mol. The molecule has 0 aliphatic heterocycles. The molecule has 0 spiro atoms. The second-order valence-electron chi connectivity index (χ2n) is 14.0. The molecule has 5 nitrogen and oxygen atoms in total. The number of aromatic nitrogens is 3. The summed E-state index contributed by atoms with van der Waals surface area (Å²) in [5.74, 6) is 1.86. The summed E-state index contributed by atoms with van der Waals surface area (Å²) in [4.78, 5) is 15.0.